The summed E-state index contributed by atoms with van der Waals surface area (Å²) in [5, 5.41) is 8.09. The lowest BCUT2D eigenvalue weighted by molar-refractivity contribution is 0.340. The molecule has 0 aromatic rings. The van der Waals surface area contributed by atoms with Gasteiger partial charge in [-0.1, -0.05) is 37.9 Å². The third-order valence-corrected chi connectivity index (χ3v) is 2.42. The molecule has 0 aliphatic carbocycles. The van der Waals surface area contributed by atoms with Gasteiger partial charge < -0.3 is 5.11 Å². The molecule has 72 valence electrons. The summed E-state index contributed by atoms with van der Waals surface area (Å²) in [7, 11) is 0. The Labute approximate surface area is 78.1 Å². The Balaban J connectivity index is 3.14. The molecule has 0 fully saturated rings. The average molecular weight is 192 g/mol. The Kier molecular flexibility index (Phi) is 9.06. The van der Waals surface area contributed by atoms with Crippen LogP contribution < -0.4 is 0 Å². The van der Waals surface area contributed by atoms with Crippen molar-refractivity contribution in [2.24, 2.45) is 0 Å². The first-order chi connectivity index (χ1) is 5.81. The minimum absolute atomic E-state index is 0.201. The lowest BCUT2D eigenvalue weighted by Crippen LogP contribution is -1.81. The van der Waals surface area contributed by atoms with Crippen LogP contribution in [0.2, 0.25) is 0 Å². The fourth-order valence-electron chi connectivity index (χ4n) is 0.829. The van der Waals surface area contributed by atoms with E-state index in [0.717, 1.165) is 12.2 Å². The number of unbranched alkanes of at least 4 members (excludes halogenated alkanes) is 3. The maximum absolute atomic E-state index is 12.6. The molecule has 0 saturated heterocycles. The highest BCUT2D eigenvalue weighted by Gasteiger charge is 1.94. The molecule has 0 aliphatic heterocycles. The standard InChI is InChI=1S/C9H17FOS/c1-2-3-4-5-8-12-9(10)6-7-11/h6,11H,2-5,7-8H2,1H3. The van der Waals surface area contributed by atoms with E-state index in [9.17, 15) is 4.39 Å². The van der Waals surface area contributed by atoms with Gasteiger partial charge in [0.25, 0.3) is 0 Å². The van der Waals surface area contributed by atoms with Crippen molar-refractivity contribution in [1.29, 1.82) is 0 Å². The van der Waals surface area contributed by atoms with Crippen LogP contribution in [0.1, 0.15) is 32.6 Å². The van der Waals surface area contributed by atoms with Gasteiger partial charge in [0.2, 0.25) is 0 Å². The number of halogens is 1. The number of hydrogen-bond acceptors (Lipinski definition) is 2. The van der Waals surface area contributed by atoms with Crippen LogP contribution in [0, 0.1) is 0 Å². The van der Waals surface area contributed by atoms with Crippen molar-refractivity contribution in [1.82, 2.24) is 0 Å². The van der Waals surface area contributed by atoms with Crippen LogP contribution >= 0.6 is 11.8 Å². The summed E-state index contributed by atoms with van der Waals surface area (Å²) in [6.45, 7) is 1.95. The van der Waals surface area contributed by atoms with Crippen molar-refractivity contribution in [2.75, 3.05) is 12.4 Å². The predicted octanol–water partition coefficient (Wildman–Crippen LogP) is 3.10. The summed E-state index contributed by atoms with van der Waals surface area (Å²) in [6.07, 6.45) is 5.87. The molecule has 0 amide bonds. The monoisotopic (exact) mass is 192 g/mol. The lowest BCUT2D eigenvalue weighted by Gasteiger charge is -1.97. The fraction of sp³-hybridized carbons (Fsp3) is 0.778. The molecule has 0 aliphatic rings. The second kappa shape index (κ2) is 9.07. The van der Waals surface area contributed by atoms with E-state index in [1.54, 1.807) is 0 Å². The summed E-state index contributed by atoms with van der Waals surface area (Å²) >= 11 is 1.19. The van der Waals surface area contributed by atoms with E-state index in [0.29, 0.717) is 0 Å². The van der Waals surface area contributed by atoms with Crippen molar-refractivity contribution in [3.8, 4) is 0 Å². The van der Waals surface area contributed by atoms with E-state index >= 15 is 0 Å². The van der Waals surface area contributed by atoms with Crippen molar-refractivity contribution >= 4 is 11.8 Å². The average Bonchev–Trinajstić information content (AvgIpc) is 2.05. The molecule has 0 saturated carbocycles. The minimum atomic E-state index is -0.256. The molecular weight excluding hydrogens is 175 g/mol. The predicted molar refractivity (Wildman–Crippen MR) is 52.9 cm³/mol. The molecule has 0 radical (unpaired) electrons. The molecule has 0 unspecified atom stereocenters. The summed E-state index contributed by atoms with van der Waals surface area (Å²) in [5.41, 5.74) is 0. The van der Waals surface area contributed by atoms with Crippen LogP contribution in [-0.2, 0) is 0 Å². The van der Waals surface area contributed by atoms with E-state index in [2.05, 4.69) is 6.92 Å². The quantitative estimate of drug-likeness (QED) is 0.625. The third-order valence-electron chi connectivity index (χ3n) is 1.49. The van der Waals surface area contributed by atoms with Crippen LogP contribution in [0.3, 0.4) is 0 Å². The van der Waals surface area contributed by atoms with E-state index in [4.69, 9.17) is 5.11 Å². The van der Waals surface area contributed by atoms with Gasteiger partial charge in [-0.2, -0.15) is 4.39 Å². The molecule has 3 heteroatoms. The lowest BCUT2D eigenvalue weighted by atomic mass is 10.2. The van der Waals surface area contributed by atoms with Gasteiger partial charge in [0.1, 0.15) is 0 Å². The number of thioether (sulfide) groups is 1. The third kappa shape index (κ3) is 8.08. The van der Waals surface area contributed by atoms with Crippen LogP contribution in [0.4, 0.5) is 4.39 Å². The smallest absolute Gasteiger partial charge is 0.154 e. The Bertz CT molecular complexity index is 126. The van der Waals surface area contributed by atoms with Gasteiger partial charge in [-0.3, -0.25) is 0 Å². The van der Waals surface area contributed by atoms with E-state index < -0.39 is 0 Å². The highest BCUT2D eigenvalue weighted by Crippen LogP contribution is 2.18. The highest BCUT2D eigenvalue weighted by molar-refractivity contribution is 8.02. The second-order valence-electron chi connectivity index (χ2n) is 2.60. The number of hydrogen-bond donors (Lipinski definition) is 1. The van der Waals surface area contributed by atoms with Crippen molar-refractivity contribution < 1.29 is 9.50 Å². The molecule has 0 aromatic carbocycles. The zero-order chi connectivity index (χ0) is 9.23. The van der Waals surface area contributed by atoms with Gasteiger partial charge in [0.05, 0.1) is 6.61 Å². The topological polar surface area (TPSA) is 20.2 Å². The molecule has 0 atom stereocenters. The molecule has 0 bridgehead atoms. The number of rotatable bonds is 7. The molecule has 0 aromatic heterocycles. The van der Waals surface area contributed by atoms with Gasteiger partial charge in [-0.25, -0.2) is 0 Å². The maximum Gasteiger partial charge on any atom is 0.154 e. The Morgan fingerprint density at radius 1 is 1.42 bits per heavy atom. The van der Waals surface area contributed by atoms with Gasteiger partial charge in [-0.05, 0) is 12.5 Å². The molecule has 0 heterocycles. The number of aliphatic hydroxyl groups is 1. The van der Waals surface area contributed by atoms with Crippen molar-refractivity contribution in [2.45, 2.75) is 32.6 Å². The molecule has 12 heavy (non-hydrogen) atoms. The fourth-order valence-corrected chi connectivity index (χ4v) is 1.57. The van der Waals surface area contributed by atoms with Crippen LogP contribution in [0.5, 0.6) is 0 Å². The zero-order valence-corrected chi connectivity index (χ0v) is 8.37. The first kappa shape index (κ1) is 12.0. The van der Waals surface area contributed by atoms with Crippen molar-refractivity contribution in [3.63, 3.8) is 0 Å². The normalized spacial score (nSPS) is 12.1. The summed E-state index contributed by atoms with van der Waals surface area (Å²) in [6, 6.07) is 0. The van der Waals surface area contributed by atoms with Crippen LogP contribution in [0.15, 0.2) is 11.2 Å². The molecule has 1 nitrogen and oxygen atoms in total. The Morgan fingerprint density at radius 2 is 2.17 bits per heavy atom. The maximum atomic E-state index is 12.6. The Morgan fingerprint density at radius 3 is 2.75 bits per heavy atom. The van der Waals surface area contributed by atoms with E-state index in [1.165, 1.54) is 37.1 Å². The minimum Gasteiger partial charge on any atom is -0.392 e. The Hall–Kier alpha value is -0.0200. The summed E-state index contributed by atoms with van der Waals surface area (Å²) in [4.78, 5) is 0. The van der Waals surface area contributed by atoms with E-state index in [-0.39, 0.29) is 11.8 Å². The zero-order valence-electron chi connectivity index (χ0n) is 7.55. The van der Waals surface area contributed by atoms with Crippen LogP contribution in [0.25, 0.3) is 0 Å². The van der Waals surface area contributed by atoms with Gasteiger partial charge in [0.15, 0.2) is 5.16 Å². The summed E-state index contributed by atoms with van der Waals surface area (Å²) in [5.74, 6) is 0.822. The van der Waals surface area contributed by atoms with Gasteiger partial charge >= 0.3 is 0 Å². The first-order valence-electron chi connectivity index (χ1n) is 4.40. The second-order valence-corrected chi connectivity index (χ2v) is 3.69. The van der Waals surface area contributed by atoms with Gasteiger partial charge in [0, 0.05) is 5.75 Å². The van der Waals surface area contributed by atoms with E-state index in [1.807, 2.05) is 0 Å². The summed E-state index contributed by atoms with van der Waals surface area (Å²) < 4.78 is 12.6. The largest absolute Gasteiger partial charge is 0.392 e. The van der Waals surface area contributed by atoms with Gasteiger partial charge in [-0.15, -0.1) is 0 Å². The number of aliphatic hydroxyl groups excluding tert-OH is 1. The first-order valence-corrected chi connectivity index (χ1v) is 5.39. The molecule has 0 spiro atoms. The highest BCUT2D eigenvalue weighted by atomic mass is 32.2. The molecule has 0 rings (SSSR count). The molecule has 1 N–H and O–H groups in total. The van der Waals surface area contributed by atoms with Crippen LogP contribution in [-0.4, -0.2) is 17.5 Å². The molecular formula is C9H17FOS. The van der Waals surface area contributed by atoms with Crippen molar-refractivity contribution in [3.05, 3.63) is 11.2 Å². The SMILES string of the molecule is CCCCCCSC(F)=CCO.